The maximum absolute atomic E-state index is 12.7. The number of hydrogen-bond acceptors (Lipinski definition) is 5. The van der Waals surface area contributed by atoms with E-state index < -0.39 is 20.5 Å². The molecular weight excluding hydrogens is 354 g/mol. The van der Waals surface area contributed by atoms with Gasteiger partial charge in [0.25, 0.3) is 5.91 Å². The first kappa shape index (κ1) is 19.9. The van der Waals surface area contributed by atoms with E-state index in [1.54, 1.807) is 12.2 Å². The predicted molar refractivity (Wildman–Crippen MR) is 102 cm³/mol. The van der Waals surface area contributed by atoms with E-state index >= 15 is 0 Å². The molecule has 2 atom stereocenters. The van der Waals surface area contributed by atoms with Crippen LogP contribution in [0.25, 0.3) is 0 Å². The van der Waals surface area contributed by atoms with Crippen molar-refractivity contribution in [1.29, 1.82) is 0 Å². The number of nitrogens with zero attached hydrogens (tertiary/aromatic N) is 1. The molecule has 138 valence electrons. The molecule has 0 aromatic carbocycles. The minimum atomic E-state index is -1.95. The van der Waals surface area contributed by atoms with E-state index in [1.165, 1.54) is 16.2 Å². The molecular formula is C18H27NO4SSi. The van der Waals surface area contributed by atoms with Gasteiger partial charge in [-0.1, -0.05) is 39.0 Å². The van der Waals surface area contributed by atoms with E-state index in [0.29, 0.717) is 0 Å². The number of likely N-dealkylation sites (tertiary alicyclic amines) is 1. The highest BCUT2D eigenvalue weighted by atomic mass is 32.1. The summed E-state index contributed by atoms with van der Waals surface area (Å²) in [6.45, 7) is 8.41. The average molecular weight is 382 g/mol. The van der Waals surface area contributed by atoms with Gasteiger partial charge in [-0.05, 0) is 36.5 Å². The van der Waals surface area contributed by atoms with Gasteiger partial charge in [0.15, 0.2) is 14.4 Å². The smallest absolute Gasteiger partial charge is 0.417 e. The Hall–Kier alpha value is -1.44. The number of allylic oxidation sites excluding steroid dienone is 1. The molecule has 0 spiro atoms. The van der Waals surface area contributed by atoms with Gasteiger partial charge < -0.3 is 9.16 Å². The van der Waals surface area contributed by atoms with Crippen LogP contribution in [-0.2, 0) is 14.0 Å². The number of thiophene rings is 1. The topological polar surface area (TPSA) is 55.8 Å². The number of β-lactam (4-membered cyclic amide) rings is 1. The predicted octanol–water partition coefficient (Wildman–Crippen LogP) is 4.73. The average Bonchev–Trinajstić information content (AvgIpc) is 3.15. The summed E-state index contributed by atoms with van der Waals surface area (Å²) in [6.07, 6.45) is 2.37. The molecule has 7 heteroatoms. The molecule has 0 N–H and O–H groups in total. The molecule has 5 nitrogen and oxygen atoms in total. The van der Waals surface area contributed by atoms with Crippen LogP contribution in [0.1, 0.15) is 38.6 Å². The standard InChI is InChI=1S/C18H27NO4SSi/c1-5-9-12-22-18(21)19-15(14-11-10-13-24-14)16(17(19)20)23-25(6-2,7-3)8-4/h5,9-11,13,15-16H,6-8,12H2,1-4H3/t15-,16+/m1/s1. The van der Waals surface area contributed by atoms with Gasteiger partial charge in [-0.15, -0.1) is 11.3 Å². The minimum Gasteiger partial charge on any atom is -0.445 e. The SMILES string of the molecule is CC=CCOC(=O)N1C(=O)[C@@H](O[Si](CC)(CC)CC)[C@H]1c1cccs1. The van der Waals surface area contributed by atoms with Crippen molar-refractivity contribution in [3.8, 4) is 0 Å². The summed E-state index contributed by atoms with van der Waals surface area (Å²) in [4.78, 5) is 27.2. The summed E-state index contributed by atoms with van der Waals surface area (Å²) in [6, 6.07) is 6.39. The molecule has 1 saturated heterocycles. The maximum Gasteiger partial charge on any atom is 0.417 e. The van der Waals surface area contributed by atoms with E-state index in [1.807, 2.05) is 24.4 Å². The summed E-state index contributed by atoms with van der Waals surface area (Å²) >= 11 is 1.53. The van der Waals surface area contributed by atoms with Crippen molar-refractivity contribution in [2.75, 3.05) is 6.61 Å². The van der Waals surface area contributed by atoms with Gasteiger partial charge in [0, 0.05) is 4.88 Å². The molecule has 0 aliphatic carbocycles. The van der Waals surface area contributed by atoms with Gasteiger partial charge in [0.2, 0.25) is 0 Å². The fourth-order valence-electron chi connectivity index (χ4n) is 3.07. The highest BCUT2D eigenvalue weighted by Gasteiger charge is 2.55. The van der Waals surface area contributed by atoms with Crippen LogP contribution in [0, 0.1) is 0 Å². The number of ether oxygens (including phenoxy) is 1. The third kappa shape index (κ3) is 4.04. The van der Waals surface area contributed by atoms with E-state index in [9.17, 15) is 9.59 Å². The summed E-state index contributed by atoms with van der Waals surface area (Å²) in [7, 11) is -1.95. The van der Waals surface area contributed by atoms with Gasteiger partial charge in [-0.3, -0.25) is 4.79 Å². The maximum atomic E-state index is 12.7. The molecule has 0 radical (unpaired) electrons. The zero-order valence-electron chi connectivity index (χ0n) is 15.4. The molecule has 2 heterocycles. The Morgan fingerprint density at radius 3 is 2.52 bits per heavy atom. The van der Waals surface area contributed by atoms with Crippen LogP contribution in [0.4, 0.5) is 4.79 Å². The zero-order chi connectivity index (χ0) is 18.4. The third-order valence-electron chi connectivity index (χ3n) is 4.93. The lowest BCUT2D eigenvalue weighted by atomic mass is 9.97. The van der Waals surface area contributed by atoms with Crippen LogP contribution in [0.2, 0.25) is 18.1 Å². The molecule has 1 aliphatic heterocycles. The summed E-state index contributed by atoms with van der Waals surface area (Å²) in [5.41, 5.74) is 0. The summed E-state index contributed by atoms with van der Waals surface area (Å²) in [5, 5.41) is 1.95. The van der Waals surface area contributed by atoms with Gasteiger partial charge in [0.05, 0.1) is 0 Å². The van der Waals surface area contributed by atoms with Crippen LogP contribution in [0.3, 0.4) is 0 Å². The molecule has 0 unspecified atom stereocenters. The summed E-state index contributed by atoms with van der Waals surface area (Å²) < 4.78 is 11.6. The highest BCUT2D eigenvalue weighted by Crippen LogP contribution is 2.42. The van der Waals surface area contributed by atoms with Gasteiger partial charge >= 0.3 is 6.09 Å². The Balaban J connectivity index is 2.20. The van der Waals surface area contributed by atoms with E-state index in [0.717, 1.165) is 23.0 Å². The van der Waals surface area contributed by atoms with Crippen molar-refractivity contribution in [3.05, 3.63) is 34.5 Å². The Bertz CT molecular complexity index is 604. The van der Waals surface area contributed by atoms with Crippen LogP contribution in [0.5, 0.6) is 0 Å². The Morgan fingerprint density at radius 2 is 2.00 bits per heavy atom. The molecule has 25 heavy (non-hydrogen) atoms. The van der Waals surface area contributed by atoms with Crippen LogP contribution in [0.15, 0.2) is 29.7 Å². The number of imide groups is 1. The van der Waals surface area contributed by atoms with Crippen molar-refractivity contribution >= 4 is 31.7 Å². The second-order valence-electron chi connectivity index (χ2n) is 6.10. The zero-order valence-corrected chi connectivity index (χ0v) is 17.2. The first-order chi connectivity index (χ1) is 12.0. The lowest BCUT2D eigenvalue weighted by Gasteiger charge is -2.47. The second kappa shape index (κ2) is 8.78. The second-order valence-corrected chi connectivity index (χ2v) is 11.8. The van der Waals surface area contributed by atoms with Crippen molar-refractivity contribution in [2.24, 2.45) is 0 Å². The van der Waals surface area contributed by atoms with Crippen molar-refractivity contribution in [2.45, 2.75) is 58.0 Å². The van der Waals surface area contributed by atoms with Crippen LogP contribution >= 0.6 is 11.3 Å². The minimum absolute atomic E-state index is 0.166. The molecule has 1 aromatic heterocycles. The Morgan fingerprint density at radius 1 is 1.32 bits per heavy atom. The fraction of sp³-hybridized carbons (Fsp3) is 0.556. The first-order valence-electron chi connectivity index (χ1n) is 8.85. The molecule has 1 fully saturated rings. The van der Waals surface area contributed by atoms with Gasteiger partial charge in [-0.2, -0.15) is 0 Å². The van der Waals surface area contributed by atoms with Crippen molar-refractivity contribution in [1.82, 2.24) is 4.90 Å². The third-order valence-corrected chi connectivity index (χ3v) is 10.5. The lowest BCUT2D eigenvalue weighted by Crippen LogP contribution is -2.64. The van der Waals surface area contributed by atoms with E-state index in [4.69, 9.17) is 9.16 Å². The molecule has 1 aliphatic rings. The quantitative estimate of drug-likeness (QED) is 0.371. The van der Waals surface area contributed by atoms with Crippen LogP contribution in [-0.4, -0.2) is 37.9 Å². The Labute approximate surface area is 154 Å². The van der Waals surface area contributed by atoms with Crippen molar-refractivity contribution in [3.63, 3.8) is 0 Å². The number of hydrogen-bond donors (Lipinski definition) is 0. The molecule has 0 bridgehead atoms. The van der Waals surface area contributed by atoms with Crippen molar-refractivity contribution < 1.29 is 18.8 Å². The molecule has 2 rings (SSSR count). The van der Waals surface area contributed by atoms with E-state index in [2.05, 4.69) is 20.8 Å². The number of carbonyl (C=O) groups excluding carboxylic acids is 2. The molecule has 1 aromatic rings. The Kier molecular flexibility index (Phi) is 6.98. The summed E-state index contributed by atoms with van der Waals surface area (Å²) in [5.74, 6) is -0.281. The normalized spacial score (nSPS) is 20.8. The number of rotatable bonds is 8. The number of amides is 2. The molecule has 0 saturated carbocycles. The fourth-order valence-corrected chi connectivity index (χ4v) is 6.68. The highest BCUT2D eigenvalue weighted by molar-refractivity contribution is 7.10. The van der Waals surface area contributed by atoms with E-state index in [-0.39, 0.29) is 18.6 Å². The number of carbonyl (C=O) groups is 2. The first-order valence-corrected chi connectivity index (χ1v) is 12.3. The largest absolute Gasteiger partial charge is 0.445 e. The monoisotopic (exact) mass is 381 g/mol. The lowest BCUT2D eigenvalue weighted by molar-refractivity contribution is -0.160. The van der Waals surface area contributed by atoms with Crippen LogP contribution < -0.4 is 0 Å². The van der Waals surface area contributed by atoms with Gasteiger partial charge in [-0.25, -0.2) is 9.69 Å². The van der Waals surface area contributed by atoms with Gasteiger partial charge in [0.1, 0.15) is 12.6 Å². The molecule has 2 amide bonds.